The van der Waals surface area contributed by atoms with E-state index in [0.717, 1.165) is 6.07 Å². The van der Waals surface area contributed by atoms with Crippen molar-refractivity contribution in [3.8, 4) is 0 Å². The van der Waals surface area contributed by atoms with Crippen LogP contribution in [0.3, 0.4) is 0 Å². The second-order valence-electron chi connectivity index (χ2n) is 3.38. The van der Waals surface area contributed by atoms with Crippen LogP contribution in [-0.4, -0.2) is 11.7 Å². The van der Waals surface area contributed by atoms with Crippen molar-refractivity contribution in [2.75, 3.05) is 5.32 Å². The fourth-order valence-corrected chi connectivity index (χ4v) is 1.27. The van der Waals surface area contributed by atoms with Crippen molar-refractivity contribution in [1.29, 1.82) is 0 Å². The van der Waals surface area contributed by atoms with Crippen LogP contribution in [0.2, 0.25) is 0 Å². The van der Waals surface area contributed by atoms with Crippen LogP contribution in [0.15, 0.2) is 12.1 Å². The van der Waals surface area contributed by atoms with Gasteiger partial charge in [0.25, 0.3) is 0 Å². The summed E-state index contributed by atoms with van der Waals surface area (Å²) in [5.41, 5.74) is 0.927. The molecule has 4 heteroatoms. The van der Waals surface area contributed by atoms with Crippen LogP contribution in [-0.2, 0) is 4.79 Å². The van der Waals surface area contributed by atoms with Crippen molar-refractivity contribution in [2.24, 2.45) is 0 Å². The molecule has 0 aliphatic rings. The maximum Gasteiger partial charge on any atom is 0.221 e. The predicted octanol–water partition coefficient (Wildman–Crippen LogP) is 2.30. The standard InChI is InChI=1S/C11H12FNO2/c1-6-4-9(7(2)14)11(5-10(6)12)13-8(3)15/h4-5H,1-3H3,(H,13,15). The summed E-state index contributed by atoms with van der Waals surface area (Å²) in [6.07, 6.45) is 0. The molecular weight excluding hydrogens is 197 g/mol. The van der Waals surface area contributed by atoms with E-state index in [-0.39, 0.29) is 17.4 Å². The van der Waals surface area contributed by atoms with Gasteiger partial charge in [-0.05, 0) is 31.5 Å². The smallest absolute Gasteiger partial charge is 0.221 e. The van der Waals surface area contributed by atoms with E-state index in [2.05, 4.69) is 5.32 Å². The molecule has 1 aromatic rings. The molecule has 3 nitrogen and oxygen atoms in total. The summed E-state index contributed by atoms with van der Waals surface area (Å²) in [5.74, 6) is -0.980. The highest BCUT2D eigenvalue weighted by Crippen LogP contribution is 2.20. The highest BCUT2D eigenvalue weighted by Gasteiger charge is 2.11. The third-order valence-corrected chi connectivity index (χ3v) is 1.99. The number of hydrogen-bond donors (Lipinski definition) is 1. The number of rotatable bonds is 2. The van der Waals surface area contributed by atoms with E-state index in [4.69, 9.17) is 0 Å². The van der Waals surface area contributed by atoms with E-state index in [1.807, 2.05) is 0 Å². The molecule has 0 aromatic heterocycles. The molecular formula is C11H12FNO2. The molecule has 1 rings (SSSR count). The Morgan fingerprint density at radius 3 is 2.33 bits per heavy atom. The van der Waals surface area contributed by atoms with E-state index in [1.165, 1.54) is 19.9 Å². The third-order valence-electron chi connectivity index (χ3n) is 1.99. The van der Waals surface area contributed by atoms with Gasteiger partial charge in [-0.3, -0.25) is 9.59 Å². The number of benzene rings is 1. The Kier molecular flexibility index (Phi) is 3.19. The zero-order valence-electron chi connectivity index (χ0n) is 8.85. The molecule has 0 aliphatic carbocycles. The third kappa shape index (κ3) is 2.62. The molecule has 1 N–H and O–H groups in total. The molecule has 0 bridgehead atoms. The normalized spacial score (nSPS) is 9.87. The molecule has 80 valence electrons. The van der Waals surface area contributed by atoms with Gasteiger partial charge in [0.1, 0.15) is 5.82 Å². The molecule has 0 radical (unpaired) electrons. The molecule has 0 unspecified atom stereocenters. The summed E-state index contributed by atoms with van der Waals surface area (Å²) in [5, 5.41) is 2.42. The first-order valence-electron chi connectivity index (χ1n) is 4.50. The number of anilines is 1. The minimum absolute atomic E-state index is 0.207. The number of nitrogens with one attached hydrogen (secondary N) is 1. The minimum Gasteiger partial charge on any atom is -0.326 e. The lowest BCUT2D eigenvalue weighted by Crippen LogP contribution is -2.10. The van der Waals surface area contributed by atoms with Gasteiger partial charge in [-0.2, -0.15) is 0 Å². The fraction of sp³-hybridized carbons (Fsp3) is 0.273. The van der Waals surface area contributed by atoms with Gasteiger partial charge in [-0.25, -0.2) is 4.39 Å². The Labute approximate surface area is 87.3 Å². The van der Waals surface area contributed by atoms with E-state index < -0.39 is 5.82 Å². The van der Waals surface area contributed by atoms with Crippen molar-refractivity contribution in [3.05, 3.63) is 29.1 Å². The van der Waals surface area contributed by atoms with Gasteiger partial charge in [0.05, 0.1) is 5.69 Å². The van der Waals surface area contributed by atoms with Gasteiger partial charge >= 0.3 is 0 Å². The highest BCUT2D eigenvalue weighted by atomic mass is 19.1. The van der Waals surface area contributed by atoms with Crippen LogP contribution in [0.5, 0.6) is 0 Å². The summed E-state index contributed by atoms with van der Waals surface area (Å²) in [6, 6.07) is 2.59. The molecule has 15 heavy (non-hydrogen) atoms. The summed E-state index contributed by atoms with van der Waals surface area (Å²) in [7, 11) is 0. The van der Waals surface area contributed by atoms with Gasteiger partial charge in [-0.1, -0.05) is 0 Å². The van der Waals surface area contributed by atoms with Crippen LogP contribution in [0, 0.1) is 12.7 Å². The largest absolute Gasteiger partial charge is 0.326 e. The molecule has 0 saturated carbocycles. The van der Waals surface area contributed by atoms with Crippen molar-refractivity contribution in [2.45, 2.75) is 20.8 Å². The maximum atomic E-state index is 13.2. The van der Waals surface area contributed by atoms with E-state index in [9.17, 15) is 14.0 Å². The number of hydrogen-bond acceptors (Lipinski definition) is 2. The molecule has 1 amide bonds. The fourth-order valence-electron chi connectivity index (χ4n) is 1.27. The van der Waals surface area contributed by atoms with Crippen LogP contribution in [0.25, 0.3) is 0 Å². The summed E-state index contributed by atoms with van der Waals surface area (Å²) in [4.78, 5) is 22.1. The molecule has 0 atom stereocenters. The molecule has 0 aliphatic heterocycles. The first-order chi connectivity index (χ1) is 6.91. The van der Waals surface area contributed by atoms with Gasteiger partial charge < -0.3 is 5.32 Å². The SMILES string of the molecule is CC(=O)Nc1cc(F)c(C)cc1C(C)=O. The Hall–Kier alpha value is -1.71. The quantitative estimate of drug-likeness (QED) is 0.759. The van der Waals surface area contributed by atoms with Crippen molar-refractivity contribution in [3.63, 3.8) is 0 Å². The van der Waals surface area contributed by atoms with Gasteiger partial charge in [-0.15, -0.1) is 0 Å². The first kappa shape index (κ1) is 11.4. The van der Waals surface area contributed by atoms with Gasteiger partial charge in [0.2, 0.25) is 5.91 Å². The summed E-state index contributed by atoms with van der Waals surface area (Å²) in [6.45, 7) is 4.25. The summed E-state index contributed by atoms with van der Waals surface area (Å²) >= 11 is 0. The van der Waals surface area contributed by atoms with Crippen molar-refractivity contribution in [1.82, 2.24) is 0 Å². The van der Waals surface area contributed by atoms with Crippen LogP contribution < -0.4 is 5.32 Å². The topological polar surface area (TPSA) is 46.2 Å². The average molecular weight is 209 g/mol. The molecule has 0 heterocycles. The zero-order chi connectivity index (χ0) is 11.6. The molecule has 0 fully saturated rings. The predicted molar refractivity (Wildman–Crippen MR) is 55.4 cm³/mol. The first-order valence-corrected chi connectivity index (χ1v) is 4.50. The molecule has 0 spiro atoms. The average Bonchev–Trinajstić information content (AvgIpc) is 2.09. The number of amides is 1. The number of carbonyl (C=O) groups is 2. The maximum absolute atomic E-state index is 13.2. The zero-order valence-corrected chi connectivity index (χ0v) is 8.85. The second-order valence-corrected chi connectivity index (χ2v) is 3.38. The van der Waals surface area contributed by atoms with E-state index in [0.29, 0.717) is 11.1 Å². The van der Waals surface area contributed by atoms with Crippen molar-refractivity contribution >= 4 is 17.4 Å². The number of Topliss-reactive ketones (excluding diaryl/α,β-unsaturated/α-hetero) is 1. The highest BCUT2D eigenvalue weighted by molar-refractivity contribution is 6.03. The summed E-state index contributed by atoms with van der Waals surface area (Å²) < 4.78 is 13.2. The van der Waals surface area contributed by atoms with E-state index >= 15 is 0 Å². The Bertz CT molecular complexity index is 427. The number of aryl methyl sites for hydroxylation is 1. The Morgan fingerprint density at radius 2 is 1.87 bits per heavy atom. The lowest BCUT2D eigenvalue weighted by molar-refractivity contribution is -0.114. The van der Waals surface area contributed by atoms with Crippen LogP contribution in [0.1, 0.15) is 29.8 Å². The lowest BCUT2D eigenvalue weighted by atomic mass is 10.1. The Morgan fingerprint density at radius 1 is 1.27 bits per heavy atom. The molecule has 1 aromatic carbocycles. The minimum atomic E-state index is -0.441. The van der Waals surface area contributed by atoms with E-state index in [1.54, 1.807) is 6.92 Å². The van der Waals surface area contributed by atoms with Crippen molar-refractivity contribution < 1.29 is 14.0 Å². The lowest BCUT2D eigenvalue weighted by Gasteiger charge is -2.09. The number of ketones is 1. The number of halogens is 1. The Balaban J connectivity index is 3.28. The second kappa shape index (κ2) is 4.21. The monoisotopic (exact) mass is 209 g/mol. The van der Waals surface area contributed by atoms with Crippen LogP contribution >= 0.6 is 0 Å². The number of carbonyl (C=O) groups excluding carboxylic acids is 2. The molecule has 0 saturated heterocycles. The van der Waals surface area contributed by atoms with Crippen LogP contribution in [0.4, 0.5) is 10.1 Å². The van der Waals surface area contributed by atoms with Gasteiger partial charge in [0.15, 0.2) is 5.78 Å². The van der Waals surface area contributed by atoms with Gasteiger partial charge in [0, 0.05) is 12.5 Å².